The van der Waals surface area contributed by atoms with Crippen LogP contribution in [0.2, 0.25) is 0 Å². The number of amides is 1. The van der Waals surface area contributed by atoms with E-state index in [1.54, 1.807) is 0 Å². The maximum absolute atomic E-state index is 13.1. The predicted molar refractivity (Wildman–Crippen MR) is 236 cm³/mol. The third-order valence-electron chi connectivity index (χ3n) is 11.0. The van der Waals surface area contributed by atoms with Crippen molar-refractivity contribution >= 4 is 11.9 Å². The Morgan fingerprint density at radius 2 is 0.927 bits per heavy atom. The van der Waals surface area contributed by atoms with E-state index in [-0.39, 0.29) is 24.9 Å². The van der Waals surface area contributed by atoms with Gasteiger partial charge in [0.15, 0.2) is 0 Å². The Hall–Kier alpha value is -1.66. The maximum Gasteiger partial charge on any atom is 0.306 e. The third-order valence-corrected chi connectivity index (χ3v) is 11.0. The number of esters is 1. The molecule has 0 aliphatic rings. The van der Waals surface area contributed by atoms with Gasteiger partial charge >= 0.3 is 5.97 Å². The second-order valence-corrected chi connectivity index (χ2v) is 16.5. The molecule has 0 saturated heterocycles. The lowest BCUT2D eigenvalue weighted by atomic mass is 10.0. The fourth-order valence-corrected chi connectivity index (χ4v) is 7.32. The fraction of sp³-hybridized carbons (Fsp3) is 0.878. The summed E-state index contributed by atoms with van der Waals surface area (Å²) < 4.78 is 5.88. The number of aliphatic hydroxyl groups is 2. The Morgan fingerprint density at radius 1 is 0.509 bits per heavy atom. The highest BCUT2D eigenvalue weighted by molar-refractivity contribution is 5.77. The molecule has 0 aromatic heterocycles. The van der Waals surface area contributed by atoms with Crippen LogP contribution < -0.4 is 5.32 Å². The number of hydrogen-bond donors (Lipinski definition) is 3. The summed E-state index contributed by atoms with van der Waals surface area (Å²) in [4.78, 5) is 26.0. The van der Waals surface area contributed by atoms with Crippen LogP contribution in [0.1, 0.15) is 252 Å². The van der Waals surface area contributed by atoms with Crippen molar-refractivity contribution in [2.45, 2.75) is 270 Å². The lowest BCUT2D eigenvalue weighted by Crippen LogP contribution is -2.46. The lowest BCUT2D eigenvalue weighted by molar-refractivity contribution is -0.151. The summed E-state index contributed by atoms with van der Waals surface area (Å²) in [5, 5.41) is 23.7. The zero-order valence-electron chi connectivity index (χ0n) is 36.8. The van der Waals surface area contributed by atoms with Gasteiger partial charge in [-0.25, -0.2) is 0 Å². The Kier molecular flexibility index (Phi) is 42.2. The number of hydrogen-bond acceptors (Lipinski definition) is 5. The zero-order chi connectivity index (χ0) is 40.3. The van der Waals surface area contributed by atoms with Crippen LogP contribution in [-0.2, 0) is 14.3 Å². The van der Waals surface area contributed by atoms with Crippen LogP contribution in [0.5, 0.6) is 0 Å². The number of carbonyl (C=O) groups is 2. The first kappa shape index (κ1) is 53.3. The second-order valence-electron chi connectivity index (χ2n) is 16.5. The maximum atomic E-state index is 13.1. The number of aliphatic hydroxyl groups excluding tert-OH is 2. The minimum atomic E-state index is -0.791. The lowest BCUT2D eigenvalue weighted by Gasteiger charge is -2.24. The standard InChI is InChI=1S/C49H93NO5/c1-4-7-10-13-16-19-22-24-25-27-29-32-35-38-41-47(52)46(44-51)50-48(53)43-45(40-37-34-31-28-26-23-20-17-14-11-8-5-2)55-49(54)42-39-36-33-30-21-18-15-12-9-6-3/h12,15,28,31,45-47,51-52H,4-11,13-14,16-27,29-30,32-44H2,1-3H3,(H,50,53)/b15-12-,31-28-. The molecule has 0 bridgehead atoms. The number of ether oxygens (including phenoxy) is 1. The van der Waals surface area contributed by atoms with Crippen molar-refractivity contribution < 1.29 is 24.5 Å². The fourth-order valence-electron chi connectivity index (χ4n) is 7.32. The van der Waals surface area contributed by atoms with Gasteiger partial charge in [-0.05, 0) is 64.2 Å². The molecule has 0 rings (SSSR count). The zero-order valence-corrected chi connectivity index (χ0v) is 36.8. The highest BCUT2D eigenvalue weighted by atomic mass is 16.5. The number of unbranched alkanes of at least 4 members (excludes halogenated alkanes) is 27. The number of carbonyl (C=O) groups excluding carboxylic acids is 2. The summed E-state index contributed by atoms with van der Waals surface area (Å²) in [6, 6.07) is -0.706. The Balaban J connectivity index is 4.56. The molecule has 0 aliphatic carbocycles. The van der Waals surface area contributed by atoms with Gasteiger partial charge in [-0.1, -0.05) is 199 Å². The molecule has 0 heterocycles. The van der Waals surface area contributed by atoms with Crippen LogP contribution in [-0.4, -0.2) is 46.9 Å². The average molecular weight is 776 g/mol. The summed E-state index contributed by atoms with van der Waals surface area (Å²) in [6.45, 7) is 6.41. The molecule has 1 amide bonds. The Labute approximate surface area is 341 Å². The van der Waals surface area contributed by atoms with Crippen LogP contribution in [0.4, 0.5) is 0 Å². The molecule has 0 spiro atoms. The van der Waals surface area contributed by atoms with E-state index in [9.17, 15) is 19.8 Å². The smallest absolute Gasteiger partial charge is 0.306 e. The first-order valence-electron chi connectivity index (χ1n) is 24.1. The summed E-state index contributed by atoms with van der Waals surface area (Å²) in [5.41, 5.74) is 0. The van der Waals surface area contributed by atoms with Crippen LogP contribution in [0, 0.1) is 0 Å². The van der Waals surface area contributed by atoms with Crippen LogP contribution in [0.15, 0.2) is 24.3 Å². The number of nitrogens with one attached hydrogen (secondary N) is 1. The molecule has 0 fully saturated rings. The first-order chi connectivity index (χ1) is 27.0. The van der Waals surface area contributed by atoms with Crippen molar-refractivity contribution in [1.29, 1.82) is 0 Å². The molecule has 0 aromatic carbocycles. The van der Waals surface area contributed by atoms with Gasteiger partial charge in [0.1, 0.15) is 6.10 Å². The van der Waals surface area contributed by atoms with E-state index in [1.165, 1.54) is 135 Å². The molecule has 0 aliphatic heterocycles. The molecule has 6 nitrogen and oxygen atoms in total. The van der Waals surface area contributed by atoms with Gasteiger partial charge in [-0.3, -0.25) is 9.59 Å². The average Bonchev–Trinajstić information content (AvgIpc) is 3.18. The minimum Gasteiger partial charge on any atom is -0.462 e. The Morgan fingerprint density at radius 3 is 1.40 bits per heavy atom. The van der Waals surface area contributed by atoms with E-state index in [2.05, 4.69) is 50.4 Å². The van der Waals surface area contributed by atoms with Crippen LogP contribution in [0.25, 0.3) is 0 Å². The van der Waals surface area contributed by atoms with E-state index in [0.717, 1.165) is 70.6 Å². The van der Waals surface area contributed by atoms with Gasteiger partial charge in [0.2, 0.25) is 5.91 Å². The summed E-state index contributed by atoms with van der Waals surface area (Å²) in [7, 11) is 0. The molecule has 324 valence electrons. The van der Waals surface area contributed by atoms with Crippen molar-refractivity contribution in [3.05, 3.63) is 24.3 Å². The van der Waals surface area contributed by atoms with E-state index in [0.29, 0.717) is 19.3 Å². The molecule has 3 atom stereocenters. The van der Waals surface area contributed by atoms with Crippen molar-refractivity contribution in [3.63, 3.8) is 0 Å². The van der Waals surface area contributed by atoms with E-state index >= 15 is 0 Å². The molecule has 0 aromatic rings. The monoisotopic (exact) mass is 776 g/mol. The molecular weight excluding hydrogens is 683 g/mol. The van der Waals surface area contributed by atoms with Gasteiger partial charge in [-0.2, -0.15) is 0 Å². The highest BCUT2D eigenvalue weighted by Gasteiger charge is 2.24. The van der Waals surface area contributed by atoms with E-state index in [1.807, 2.05) is 0 Å². The molecule has 55 heavy (non-hydrogen) atoms. The Bertz CT molecular complexity index is 873. The van der Waals surface area contributed by atoms with Gasteiger partial charge in [-0.15, -0.1) is 0 Å². The molecule has 0 saturated carbocycles. The highest BCUT2D eigenvalue weighted by Crippen LogP contribution is 2.17. The minimum absolute atomic E-state index is 0.0567. The number of allylic oxidation sites excluding steroid dienone is 4. The van der Waals surface area contributed by atoms with Gasteiger partial charge in [0.25, 0.3) is 0 Å². The van der Waals surface area contributed by atoms with E-state index in [4.69, 9.17) is 4.74 Å². The van der Waals surface area contributed by atoms with Crippen molar-refractivity contribution in [1.82, 2.24) is 5.32 Å². The third kappa shape index (κ3) is 39.0. The van der Waals surface area contributed by atoms with Crippen LogP contribution >= 0.6 is 0 Å². The second kappa shape index (κ2) is 43.5. The van der Waals surface area contributed by atoms with Crippen molar-refractivity contribution in [3.8, 4) is 0 Å². The predicted octanol–water partition coefficient (Wildman–Crippen LogP) is 14.0. The summed E-state index contributed by atoms with van der Waals surface area (Å²) in [5.74, 6) is -0.509. The van der Waals surface area contributed by atoms with Gasteiger partial charge in [0.05, 0.1) is 25.2 Å². The van der Waals surface area contributed by atoms with Gasteiger partial charge < -0.3 is 20.3 Å². The summed E-state index contributed by atoms with van der Waals surface area (Å²) in [6.07, 6.45) is 48.1. The van der Waals surface area contributed by atoms with Crippen LogP contribution in [0.3, 0.4) is 0 Å². The molecule has 0 radical (unpaired) electrons. The summed E-state index contributed by atoms with van der Waals surface area (Å²) >= 11 is 0. The first-order valence-corrected chi connectivity index (χ1v) is 24.1. The molecule has 3 unspecified atom stereocenters. The topological polar surface area (TPSA) is 95.9 Å². The van der Waals surface area contributed by atoms with Gasteiger partial charge in [0, 0.05) is 6.42 Å². The normalized spacial score (nSPS) is 13.5. The molecule has 6 heteroatoms. The van der Waals surface area contributed by atoms with Crippen molar-refractivity contribution in [2.75, 3.05) is 6.61 Å². The molecule has 3 N–H and O–H groups in total. The number of rotatable bonds is 43. The largest absolute Gasteiger partial charge is 0.462 e. The SMILES string of the molecule is CCC/C=C\CCCCCCCC(=O)OC(CCC/C=C\CCCCCCCCC)CC(=O)NC(CO)C(O)CCCCCCCCCCCCCCCC. The van der Waals surface area contributed by atoms with E-state index < -0.39 is 18.2 Å². The van der Waals surface area contributed by atoms with Crippen molar-refractivity contribution in [2.24, 2.45) is 0 Å². The quantitative estimate of drug-likeness (QED) is 0.0326. The molecular formula is C49H93NO5.